The normalized spacial score (nSPS) is 25.1. The Morgan fingerprint density at radius 1 is 1.44 bits per heavy atom. The molecule has 86 valence electrons. The van der Waals surface area contributed by atoms with Crippen molar-refractivity contribution in [2.24, 2.45) is 0 Å². The summed E-state index contributed by atoms with van der Waals surface area (Å²) in [5.41, 5.74) is -0.382. The van der Waals surface area contributed by atoms with Crippen molar-refractivity contribution in [1.82, 2.24) is 4.90 Å². The molecule has 1 unspecified atom stereocenters. The van der Waals surface area contributed by atoms with Crippen LogP contribution in [0.4, 0.5) is 8.78 Å². The SMILES string of the molecule is CN(C)C1(C)C=CC(C(F)F)=CC(C#N)=C1. The average Bonchev–Trinajstić information content (AvgIpc) is 2.38. The summed E-state index contributed by atoms with van der Waals surface area (Å²) in [4.78, 5) is 1.86. The fourth-order valence-corrected chi connectivity index (χ4v) is 1.38. The minimum Gasteiger partial charge on any atom is -0.297 e. The van der Waals surface area contributed by atoms with E-state index >= 15 is 0 Å². The summed E-state index contributed by atoms with van der Waals surface area (Å²) < 4.78 is 25.2. The molecule has 0 aliphatic heterocycles. The van der Waals surface area contributed by atoms with E-state index in [-0.39, 0.29) is 11.1 Å². The quantitative estimate of drug-likeness (QED) is 0.720. The summed E-state index contributed by atoms with van der Waals surface area (Å²) in [6.07, 6.45) is 3.41. The van der Waals surface area contributed by atoms with Crippen molar-refractivity contribution < 1.29 is 8.78 Å². The van der Waals surface area contributed by atoms with E-state index in [9.17, 15) is 8.78 Å². The molecule has 0 saturated heterocycles. The molecule has 0 aromatic carbocycles. The molecular formula is C12H14F2N2. The maximum Gasteiger partial charge on any atom is 0.263 e. The van der Waals surface area contributed by atoms with E-state index in [1.165, 1.54) is 12.2 Å². The van der Waals surface area contributed by atoms with Crippen molar-refractivity contribution in [2.45, 2.75) is 18.9 Å². The second-order valence-electron chi connectivity index (χ2n) is 4.11. The Balaban J connectivity index is 3.21. The molecule has 1 aliphatic carbocycles. The van der Waals surface area contributed by atoms with E-state index < -0.39 is 12.0 Å². The van der Waals surface area contributed by atoms with Crippen LogP contribution < -0.4 is 0 Å². The Morgan fingerprint density at radius 3 is 2.50 bits per heavy atom. The molecule has 0 heterocycles. The Bertz CT molecular complexity index is 400. The third-order valence-electron chi connectivity index (χ3n) is 2.73. The zero-order chi connectivity index (χ0) is 12.3. The van der Waals surface area contributed by atoms with Crippen LogP contribution in [-0.2, 0) is 0 Å². The lowest BCUT2D eigenvalue weighted by Gasteiger charge is -2.30. The van der Waals surface area contributed by atoms with E-state index in [0.29, 0.717) is 0 Å². The van der Waals surface area contributed by atoms with Gasteiger partial charge in [0.1, 0.15) is 0 Å². The first-order valence-electron chi connectivity index (χ1n) is 4.88. The number of nitriles is 1. The van der Waals surface area contributed by atoms with Gasteiger partial charge in [-0.3, -0.25) is 4.90 Å². The monoisotopic (exact) mass is 224 g/mol. The maximum absolute atomic E-state index is 12.6. The van der Waals surface area contributed by atoms with Gasteiger partial charge in [0.2, 0.25) is 0 Å². The molecule has 2 nitrogen and oxygen atoms in total. The smallest absolute Gasteiger partial charge is 0.263 e. The van der Waals surface area contributed by atoms with Gasteiger partial charge in [0.05, 0.1) is 17.2 Å². The van der Waals surface area contributed by atoms with Gasteiger partial charge in [0.15, 0.2) is 0 Å². The summed E-state index contributed by atoms with van der Waals surface area (Å²) in [7, 11) is 3.67. The highest BCUT2D eigenvalue weighted by atomic mass is 19.3. The van der Waals surface area contributed by atoms with Gasteiger partial charge >= 0.3 is 0 Å². The number of halogens is 2. The Kier molecular flexibility index (Phi) is 3.61. The molecule has 0 N–H and O–H groups in total. The molecule has 1 rings (SSSR count). The number of hydrogen-bond donors (Lipinski definition) is 0. The molecule has 0 radical (unpaired) electrons. The van der Waals surface area contributed by atoms with Gasteiger partial charge in [-0.25, -0.2) is 8.78 Å². The average molecular weight is 224 g/mol. The van der Waals surface area contributed by atoms with Crippen LogP contribution in [-0.4, -0.2) is 31.0 Å². The fourth-order valence-electron chi connectivity index (χ4n) is 1.38. The van der Waals surface area contributed by atoms with Crippen LogP contribution in [0.3, 0.4) is 0 Å². The fraction of sp³-hybridized carbons (Fsp3) is 0.417. The highest BCUT2D eigenvalue weighted by Gasteiger charge is 2.24. The molecule has 0 aromatic rings. The Labute approximate surface area is 94.2 Å². The molecule has 16 heavy (non-hydrogen) atoms. The first-order chi connectivity index (χ1) is 7.39. The zero-order valence-electron chi connectivity index (χ0n) is 9.54. The van der Waals surface area contributed by atoms with Crippen LogP contribution in [0.15, 0.2) is 35.5 Å². The molecule has 1 aliphatic rings. The van der Waals surface area contributed by atoms with Gasteiger partial charge in [0, 0.05) is 5.57 Å². The van der Waals surface area contributed by atoms with E-state index in [1.807, 2.05) is 32.0 Å². The lowest BCUT2D eigenvalue weighted by atomic mass is 9.98. The Morgan fingerprint density at radius 2 is 2.06 bits per heavy atom. The van der Waals surface area contributed by atoms with Crippen LogP contribution in [0.25, 0.3) is 0 Å². The van der Waals surface area contributed by atoms with Crippen molar-refractivity contribution in [1.29, 1.82) is 5.26 Å². The number of likely N-dealkylation sites (N-methyl/N-ethyl adjacent to an activating group) is 1. The third-order valence-corrected chi connectivity index (χ3v) is 2.73. The summed E-state index contributed by atoms with van der Waals surface area (Å²) in [5, 5.41) is 8.88. The number of nitrogens with zero attached hydrogens (tertiary/aromatic N) is 2. The number of alkyl halides is 2. The summed E-state index contributed by atoms with van der Waals surface area (Å²) in [6.45, 7) is 1.86. The van der Waals surface area contributed by atoms with Gasteiger partial charge in [-0.2, -0.15) is 5.26 Å². The molecule has 0 aromatic heterocycles. The molecule has 0 bridgehead atoms. The minimum absolute atomic E-state index is 0.127. The topological polar surface area (TPSA) is 27.0 Å². The summed E-state index contributed by atoms with van der Waals surface area (Å²) >= 11 is 0. The summed E-state index contributed by atoms with van der Waals surface area (Å²) in [6, 6.07) is 1.92. The largest absolute Gasteiger partial charge is 0.297 e. The minimum atomic E-state index is -2.56. The van der Waals surface area contributed by atoms with Crippen molar-refractivity contribution in [3.8, 4) is 6.07 Å². The number of allylic oxidation sites excluding steroid dienone is 4. The van der Waals surface area contributed by atoms with Crippen molar-refractivity contribution in [3.05, 3.63) is 35.5 Å². The van der Waals surface area contributed by atoms with Crippen LogP contribution in [0.1, 0.15) is 6.92 Å². The highest BCUT2D eigenvalue weighted by molar-refractivity contribution is 5.46. The molecule has 0 fully saturated rings. The standard InChI is InChI=1S/C12H14F2N2/c1-12(16(2)3)5-4-10(11(13)14)6-9(7-12)8-15/h4-7,11H,1-3H3. The lowest BCUT2D eigenvalue weighted by molar-refractivity contribution is 0.194. The second-order valence-corrected chi connectivity index (χ2v) is 4.11. The maximum atomic E-state index is 12.6. The van der Waals surface area contributed by atoms with Crippen LogP contribution in [0, 0.1) is 11.3 Å². The van der Waals surface area contributed by atoms with Crippen molar-refractivity contribution >= 4 is 0 Å². The molecule has 0 spiro atoms. The molecule has 1 atom stereocenters. The third kappa shape index (κ3) is 2.56. The first-order valence-corrected chi connectivity index (χ1v) is 4.88. The van der Waals surface area contributed by atoms with E-state index in [2.05, 4.69) is 0 Å². The van der Waals surface area contributed by atoms with Gasteiger partial charge in [-0.1, -0.05) is 12.2 Å². The van der Waals surface area contributed by atoms with Crippen LogP contribution in [0.5, 0.6) is 0 Å². The molecular weight excluding hydrogens is 210 g/mol. The zero-order valence-corrected chi connectivity index (χ0v) is 9.54. The number of hydrogen-bond acceptors (Lipinski definition) is 2. The van der Waals surface area contributed by atoms with Gasteiger partial charge < -0.3 is 0 Å². The van der Waals surface area contributed by atoms with Gasteiger partial charge in [-0.15, -0.1) is 0 Å². The molecule has 0 amide bonds. The van der Waals surface area contributed by atoms with Crippen molar-refractivity contribution in [3.63, 3.8) is 0 Å². The van der Waals surface area contributed by atoms with Gasteiger partial charge in [-0.05, 0) is 33.2 Å². The summed E-state index contributed by atoms with van der Waals surface area (Å²) in [5.74, 6) is 0. The van der Waals surface area contributed by atoms with Crippen molar-refractivity contribution in [2.75, 3.05) is 14.1 Å². The number of rotatable bonds is 2. The van der Waals surface area contributed by atoms with Crippen LogP contribution >= 0.6 is 0 Å². The highest BCUT2D eigenvalue weighted by Crippen LogP contribution is 2.25. The predicted octanol–water partition coefficient (Wildman–Crippen LogP) is 2.52. The van der Waals surface area contributed by atoms with E-state index in [1.54, 1.807) is 12.2 Å². The first kappa shape index (κ1) is 12.6. The van der Waals surface area contributed by atoms with E-state index in [0.717, 1.165) is 0 Å². The molecule has 0 saturated carbocycles. The lowest BCUT2D eigenvalue weighted by Crippen LogP contribution is -2.37. The second kappa shape index (κ2) is 4.58. The predicted molar refractivity (Wildman–Crippen MR) is 59.0 cm³/mol. The molecule has 4 heteroatoms. The van der Waals surface area contributed by atoms with Crippen LogP contribution in [0.2, 0.25) is 0 Å². The van der Waals surface area contributed by atoms with Gasteiger partial charge in [0.25, 0.3) is 6.43 Å². The van der Waals surface area contributed by atoms with E-state index in [4.69, 9.17) is 5.26 Å². The Hall–Kier alpha value is -1.47.